The van der Waals surface area contributed by atoms with E-state index >= 15 is 0 Å². The minimum absolute atomic E-state index is 0.206. The van der Waals surface area contributed by atoms with Gasteiger partial charge in [-0.05, 0) is 30.5 Å². The van der Waals surface area contributed by atoms with Crippen molar-refractivity contribution in [2.45, 2.75) is 77.4 Å². The molecule has 278 valence electrons. The number of aliphatic hydroxyl groups is 3. The van der Waals surface area contributed by atoms with Crippen molar-refractivity contribution in [2.75, 3.05) is 59.6 Å². The van der Waals surface area contributed by atoms with E-state index < -0.39 is 71.0 Å². The van der Waals surface area contributed by atoms with Gasteiger partial charge in [-0.2, -0.15) is 0 Å². The fraction of sp³-hybridized carbons (Fsp3) is 0.875. The van der Waals surface area contributed by atoms with Crippen molar-refractivity contribution in [3.63, 3.8) is 0 Å². The average Bonchev–Trinajstić information content (AvgIpc) is 2.93. The standard InChI is InChI=1S/C15H31N2O7P.C7H15NO3.CH4ClO2P.CH5O3P/c1-4-6-8-23-14(20)12(10-18)16-25(3,22)17-13(11-19)15(21)24-9-7-5-2;1-2-3-4-11-7(10)6(8)5-9;2*1-5(2,3)4/h12-13,18-19H,4-11H2,1-3H3,(H2,16,17,22);6,9H,2-5,8H2,1H3;1H3,(H,3,4);1H3,(H2,2,3,4). The molecule has 0 aliphatic heterocycles. The van der Waals surface area contributed by atoms with Crippen molar-refractivity contribution in [3.8, 4) is 0 Å². The van der Waals surface area contributed by atoms with Crippen molar-refractivity contribution in [1.82, 2.24) is 10.2 Å². The van der Waals surface area contributed by atoms with E-state index in [1.165, 1.54) is 6.66 Å². The normalized spacial score (nSPS) is 15.3. The van der Waals surface area contributed by atoms with Gasteiger partial charge in [0.05, 0.1) is 39.6 Å². The molecule has 0 aromatic heterocycles. The van der Waals surface area contributed by atoms with E-state index in [1.54, 1.807) is 0 Å². The second-order valence-electron chi connectivity index (χ2n) is 9.62. The van der Waals surface area contributed by atoms with Gasteiger partial charge in [-0.25, -0.2) is 10.2 Å². The highest BCUT2D eigenvalue weighted by Gasteiger charge is 2.31. The van der Waals surface area contributed by atoms with Crippen molar-refractivity contribution >= 4 is 50.9 Å². The fourth-order valence-electron chi connectivity index (χ4n) is 2.30. The largest absolute Gasteiger partial charge is 0.464 e. The molecule has 4 unspecified atom stereocenters. The Bertz CT molecular complexity index is 880. The zero-order valence-electron chi connectivity index (χ0n) is 27.4. The Morgan fingerprint density at radius 3 is 1.15 bits per heavy atom. The van der Waals surface area contributed by atoms with Crippen molar-refractivity contribution < 1.29 is 72.3 Å². The van der Waals surface area contributed by atoms with Crippen molar-refractivity contribution in [2.24, 2.45) is 5.73 Å². The highest BCUT2D eigenvalue weighted by atomic mass is 35.7. The summed E-state index contributed by atoms with van der Waals surface area (Å²) in [4.78, 5) is 57.6. The van der Waals surface area contributed by atoms with Crippen LogP contribution in [0.1, 0.15) is 59.3 Å². The van der Waals surface area contributed by atoms with Crippen LogP contribution in [0.2, 0.25) is 0 Å². The number of rotatable bonds is 19. The van der Waals surface area contributed by atoms with Crippen LogP contribution in [-0.4, -0.2) is 126 Å². The molecule has 0 heterocycles. The third-order valence-corrected chi connectivity index (χ3v) is 6.07. The molecule has 22 heteroatoms. The Balaban J connectivity index is -0.000000341. The molecule has 0 bridgehead atoms. The van der Waals surface area contributed by atoms with E-state index in [0.717, 1.165) is 39.0 Å². The molecule has 18 nitrogen and oxygen atoms in total. The first-order chi connectivity index (χ1) is 21.0. The summed E-state index contributed by atoms with van der Waals surface area (Å²) in [6, 6.07) is -3.28. The molecule has 46 heavy (non-hydrogen) atoms. The molecule has 10 N–H and O–H groups in total. The van der Waals surface area contributed by atoms with Gasteiger partial charge in [-0.3, -0.25) is 28.1 Å². The van der Waals surface area contributed by atoms with Gasteiger partial charge in [-0.1, -0.05) is 40.0 Å². The van der Waals surface area contributed by atoms with Gasteiger partial charge in [0.25, 0.3) is 6.72 Å². The molecular formula is C24H55ClN3O15P3. The van der Waals surface area contributed by atoms with Gasteiger partial charge < -0.3 is 49.9 Å². The van der Waals surface area contributed by atoms with Gasteiger partial charge in [0, 0.05) is 20.0 Å². The van der Waals surface area contributed by atoms with Gasteiger partial charge in [0.1, 0.15) is 18.1 Å². The minimum Gasteiger partial charge on any atom is -0.464 e. The number of halogens is 1. The number of esters is 3. The first-order valence-electron chi connectivity index (χ1n) is 14.3. The summed E-state index contributed by atoms with van der Waals surface area (Å²) in [7, 11) is -7.08. The molecular weight excluding hydrogens is 699 g/mol. The smallest absolute Gasteiger partial charge is 0.325 e. The second-order valence-corrected chi connectivity index (χ2v) is 17.1. The SMILES string of the molecule is CCCCOC(=O)C(CO)NP(C)(=O)NC(CO)C(=O)OCCCC.CCCCOC(=O)C(N)CO.CP(=O)(O)Cl.CP(=O)(O)O. The first kappa shape index (κ1) is 51.9. The molecule has 0 spiro atoms. The molecule has 4 atom stereocenters. The Morgan fingerprint density at radius 1 is 0.674 bits per heavy atom. The zero-order valence-corrected chi connectivity index (χ0v) is 30.8. The number of carbonyl (C=O) groups is 3. The summed E-state index contributed by atoms with van der Waals surface area (Å²) < 4.78 is 46.1. The summed E-state index contributed by atoms with van der Waals surface area (Å²) in [5.41, 5.74) is 5.17. The molecule has 0 aromatic carbocycles. The molecule has 0 rings (SSSR count). The lowest BCUT2D eigenvalue weighted by atomic mass is 10.3. The van der Waals surface area contributed by atoms with E-state index in [-0.39, 0.29) is 19.8 Å². The van der Waals surface area contributed by atoms with E-state index in [2.05, 4.69) is 21.4 Å². The number of hydrogen-bond donors (Lipinski definition) is 9. The highest BCUT2D eigenvalue weighted by Crippen LogP contribution is 2.40. The van der Waals surface area contributed by atoms with Crippen LogP contribution in [-0.2, 0) is 42.3 Å². The Hall–Kier alpha value is -0.970. The lowest BCUT2D eigenvalue weighted by molar-refractivity contribution is -0.147. The Labute approximate surface area is 276 Å². The molecule has 0 radical (unpaired) electrons. The molecule has 0 fully saturated rings. The van der Waals surface area contributed by atoms with Crippen LogP contribution in [0.15, 0.2) is 0 Å². The number of unbranched alkanes of at least 4 members (excludes halogenated alkanes) is 3. The zero-order chi connectivity index (χ0) is 37.0. The average molecular weight is 754 g/mol. The van der Waals surface area contributed by atoms with Gasteiger partial charge in [0.15, 0.2) is 0 Å². The van der Waals surface area contributed by atoms with E-state index in [0.29, 0.717) is 19.4 Å². The van der Waals surface area contributed by atoms with E-state index in [9.17, 15) is 38.3 Å². The Morgan fingerprint density at radius 2 is 0.935 bits per heavy atom. The number of hydrogen-bond acceptors (Lipinski definition) is 13. The third-order valence-electron chi connectivity index (χ3n) is 4.46. The van der Waals surface area contributed by atoms with Gasteiger partial charge >= 0.3 is 25.5 Å². The number of ether oxygens (including phenoxy) is 3. The van der Waals surface area contributed by atoms with Crippen LogP contribution in [0, 0.1) is 0 Å². The fourth-order valence-corrected chi connectivity index (χ4v) is 3.94. The van der Waals surface area contributed by atoms with Crippen LogP contribution < -0.4 is 15.9 Å². The third kappa shape index (κ3) is 43.0. The summed E-state index contributed by atoms with van der Waals surface area (Å²) in [6.45, 7) is 5.09. The molecule has 0 amide bonds. The highest BCUT2D eigenvalue weighted by molar-refractivity contribution is 7.83. The minimum atomic E-state index is -3.64. The van der Waals surface area contributed by atoms with Gasteiger partial charge in [-0.15, -0.1) is 0 Å². The summed E-state index contributed by atoms with van der Waals surface area (Å²) >= 11 is 4.64. The topological polar surface area (TPSA) is 302 Å². The summed E-state index contributed by atoms with van der Waals surface area (Å²) in [5.74, 6) is -1.99. The summed E-state index contributed by atoms with van der Waals surface area (Å²) in [5, 5.41) is 32.0. The van der Waals surface area contributed by atoms with Crippen molar-refractivity contribution in [3.05, 3.63) is 0 Å². The van der Waals surface area contributed by atoms with Crippen LogP contribution in [0.4, 0.5) is 0 Å². The molecule has 0 saturated heterocycles. The monoisotopic (exact) mass is 753 g/mol. The maximum absolute atomic E-state index is 12.6. The van der Waals surface area contributed by atoms with Crippen LogP contribution >= 0.6 is 33.0 Å². The Kier molecular flexibility index (Phi) is 33.9. The molecule has 0 aliphatic rings. The maximum atomic E-state index is 12.6. The maximum Gasteiger partial charge on any atom is 0.325 e. The quantitative estimate of drug-likeness (QED) is 0.0383. The summed E-state index contributed by atoms with van der Waals surface area (Å²) in [6.07, 6.45) is 4.86. The molecule has 0 saturated carbocycles. The van der Waals surface area contributed by atoms with Crippen LogP contribution in [0.5, 0.6) is 0 Å². The predicted molar refractivity (Wildman–Crippen MR) is 174 cm³/mol. The lowest BCUT2D eigenvalue weighted by Gasteiger charge is -2.25. The van der Waals surface area contributed by atoms with Gasteiger partial charge in [0.2, 0.25) is 7.44 Å². The first-order valence-corrected chi connectivity index (χ1v) is 21.5. The molecule has 0 aromatic rings. The van der Waals surface area contributed by atoms with Crippen LogP contribution in [0.25, 0.3) is 0 Å². The number of carbonyl (C=O) groups excluding carboxylic acids is 3. The van der Waals surface area contributed by atoms with Crippen LogP contribution in [0.3, 0.4) is 0 Å². The van der Waals surface area contributed by atoms with E-state index in [1.807, 2.05) is 20.8 Å². The van der Waals surface area contributed by atoms with E-state index in [4.69, 9.17) is 39.7 Å². The second kappa shape index (κ2) is 30.1. The molecule has 0 aliphatic carbocycles. The number of aliphatic hydroxyl groups excluding tert-OH is 3. The predicted octanol–water partition coefficient (Wildman–Crippen LogP) is 0.881. The lowest BCUT2D eigenvalue weighted by Crippen LogP contribution is -2.46. The van der Waals surface area contributed by atoms with Crippen molar-refractivity contribution in [1.29, 1.82) is 0 Å². The number of nitrogens with one attached hydrogen (secondary N) is 2. The number of nitrogens with two attached hydrogens (primary N) is 1.